The van der Waals surface area contributed by atoms with Crippen molar-refractivity contribution < 1.29 is 63.1 Å². The molecule has 412 valence electrons. The van der Waals surface area contributed by atoms with Crippen LogP contribution in [0, 0.1) is 20.2 Å². The van der Waals surface area contributed by atoms with E-state index < -0.39 is 64.4 Å². The Balaban J connectivity index is 0.000000190. The largest absolute Gasteiger partial charge is 0.533 e. The van der Waals surface area contributed by atoms with Crippen LogP contribution >= 0.6 is 0 Å². The molecule has 0 aromatic heterocycles. The van der Waals surface area contributed by atoms with Crippen LogP contribution in [0.15, 0.2) is 146 Å². The third-order valence-electron chi connectivity index (χ3n) is 13.3. The molecule has 1 heterocycles. The first-order valence-corrected chi connectivity index (χ1v) is 25.4. The number of carbonyl (C=O) groups excluding carboxylic acids is 4. The minimum atomic E-state index is -1.20. The summed E-state index contributed by atoms with van der Waals surface area (Å²) in [6.45, 7) is 10.2. The number of amides is 3. The lowest BCUT2D eigenvalue weighted by atomic mass is 9.98. The van der Waals surface area contributed by atoms with E-state index >= 15 is 0 Å². The van der Waals surface area contributed by atoms with Gasteiger partial charge in [-0.1, -0.05) is 159 Å². The molecule has 3 aliphatic rings. The second-order valence-corrected chi connectivity index (χ2v) is 18.0. The van der Waals surface area contributed by atoms with Crippen LogP contribution in [0.3, 0.4) is 0 Å². The number of alkyl carbamates (subject to hydrolysis) is 1. The van der Waals surface area contributed by atoms with Crippen LogP contribution in [0.1, 0.15) is 104 Å². The molecule has 0 radical (unpaired) electrons. The molecule has 1 fully saturated rings. The van der Waals surface area contributed by atoms with E-state index in [9.17, 15) is 54.1 Å². The van der Waals surface area contributed by atoms with E-state index in [1.54, 1.807) is 12.1 Å². The summed E-state index contributed by atoms with van der Waals surface area (Å²) in [5.74, 6) is -3.60. The number of hydrogen-bond donors (Lipinski definition) is 4. The van der Waals surface area contributed by atoms with Crippen molar-refractivity contribution in [3.05, 3.63) is 199 Å². The zero-order valence-electron chi connectivity index (χ0n) is 43.6. The molecule has 3 amide bonds. The van der Waals surface area contributed by atoms with Gasteiger partial charge in [-0.3, -0.25) is 44.2 Å². The lowest BCUT2D eigenvalue weighted by Crippen LogP contribution is -2.32. The van der Waals surface area contributed by atoms with E-state index in [0.29, 0.717) is 5.06 Å². The summed E-state index contributed by atoms with van der Waals surface area (Å²) in [4.78, 5) is 97.1. The van der Waals surface area contributed by atoms with Crippen LogP contribution in [0.25, 0.3) is 22.3 Å². The number of rotatable bonds is 17. The van der Waals surface area contributed by atoms with Gasteiger partial charge >= 0.3 is 24.2 Å². The molecule has 21 nitrogen and oxygen atoms in total. The number of nitrogens with zero attached hydrogens (tertiary/aromatic N) is 4. The number of carboxylic acid groups (broad SMARTS) is 2. The number of nitro groups is 2. The molecular formula is C58H60N6O15. The Kier molecular flexibility index (Phi) is 21.0. The predicted molar refractivity (Wildman–Crippen MR) is 289 cm³/mol. The van der Waals surface area contributed by atoms with Gasteiger partial charge in [-0.25, -0.2) is 9.59 Å². The number of imide groups is 1. The van der Waals surface area contributed by atoms with Crippen molar-refractivity contribution in [2.24, 2.45) is 5.73 Å². The molecule has 1 saturated heterocycles. The molecule has 79 heavy (non-hydrogen) atoms. The van der Waals surface area contributed by atoms with Gasteiger partial charge in [0.05, 0.1) is 34.3 Å². The fourth-order valence-corrected chi connectivity index (χ4v) is 9.43. The van der Waals surface area contributed by atoms with Crippen molar-refractivity contribution in [3.8, 4) is 22.3 Å². The van der Waals surface area contributed by atoms with Gasteiger partial charge in [-0.05, 0) is 64.1 Å². The van der Waals surface area contributed by atoms with E-state index in [4.69, 9.17) is 25.2 Å². The number of hydroxylamine groups is 2. The van der Waals surface area contributed by atoms with Gasteiger partial charge in [0.15, 0.2) is 0 Å². The molecule has 5 N–H and O–H groups in total. The van der Waals surface area contributed by atoms with Crippen LogP contribution < -0.4 is 11.1 Å². The highest BCUT2D eigenvalue weighted by molar-refractivity contribution is 6.01. The van der Waals surface area contributed by atoms with E-state index in [0.717, 1.165) is 44.5 Å². The number of nitrogens with two attached hydrogens (primary N) is 1. The van der Waals surface area contributed by atoms with Gasteiger partial charge in [0, 0.05) is 48.4 Å². The number of benzene rings is 6. The van der Waals surface area contributed by atoms with Crippen molar-refractivity contribution in [2.75, 3.05) is 32.8 Å². The summed E-state index contributed by atoms with van der Waals surface area (Å²) in [5, 5.41) is 42.7. The van der Waals surface area contributed by atoms with Gasteiger partial charge in [0.25, 0.3) is 23.2 Å². The summed E-state index contributed by atoms with van der Waals surface area (Å²) in [6, 6.07) is 41.3. The Bertz CT molecular complexity index is 3070. The van der Waals surface area contributed by atoms with E-state index in [-0.39, 0.29) is 66.8 Å². The average Bonchev–Trinajstić information content (AvgIpc) is 4.29. The van der Waals surface area contributed by atoms with Crippen molar-refractivity contribution in [1.82, 2.24) is 15.3 Å². The van der Waals surface area contributed by atoms with Crippen molar-refractivity contribution in [2.45, 2.75) is 70.4 Å². The maximum atomic E-state index is 12.6. The average molecular weight is 1080 g/mol. The normalized spacial score (nSPS) is 13.5. The zero-order chi connectivity index (χ0) is 57.2. The Morgan fingerprint density at radius 2 is 0.962 bits per heavy atom. The topological polar surface area (TPSA) is 301 Å². The van der Waals surface area contributed by atoms with Crippen molar-refractivity contribution in [3.63, 3.8) is 0 Å². The van der Waals surface area contributed by atoms with Gasteiger partial charge in [-0.15, -0.1) is 0 Å². The molecule has 0 bridgehead atoms. The third-order valence-corrected chi connectivity index (χ3v) is 13.3. The molecule has 21 heteroatoms. The van der Waals surface area contributed by atoms with Crippen LogP contribution in [0.2, 0.25) is 0 Å². The highest BCUT2D eigenvalue weighted by Gasteiger charge is 2.35. The summed E-state index contributed by atoms with van der Waals surface area (Å²) >= 11 is 0. The Morgan fingerprint density at radius 1 is 0.595 bits per heavy atom. The highest BCUT2D eigenvalue weighted by atomic mass is 16.8. The first kappa shape index (κ1) is 58.9. The van der Waals surface area contributed by atoms with Gasteiger partial charge < -0.3 is 35.6 Å². The molecule has 6 aromatic carbocycles. The minimum Gasteiger partial charge on any atom is -0.481 e. The third kappa shape index (κ3) is 15.2. The molecule has 2 unspecified atom stereocenters. The van der Waals surface area contributed by atoms with Gasteiger partial charge in [0.1, 0.15) is 13.2 Å². The lowest BCUT2D eigenvalue weighted by Gasteiger charge is -2.19. The number of para-hydroxylation sites is 2. The van der Waals surface area contributed by atoms with Crippen LogP contribution in [0.5, 0.6) is 0 Å². The summed E-state index contributed by atoms with van der Waals surface area (Å²) in [7, 11) is 0. The highest BCUT2D eigenvalue weighted by Crippen LogP contribution is 2.46. The number of nitrogens with one attached hydrogen (secondary N) is 1. The molecule has 6 aromatic rings. The molecular weight excluding hydrogens is 1020 g/mol. The quantitative estimate of drug-likeness (QED) is 0.0217. The van der Waals surface area contributed by atoms with Crippen LogP contribution in [-0.2, 0) is 33.5 Å². The lowest BCUT2D eigenvalue weighted by molar-refractivity contribution is -0.385. The van der Waals surface area contributed by atoms with Gasteiger partial charge in [0.2, 0.25) is 0 Å². The molecule has 0 spiro atoms. The zero-order valence-corrected chi connectivity index (χ0v) is 43.6. The first-order chi connectivity index (χ1) is 38.0. The fraction of sp³-hybridized carbons (Fsp3) is 0.276. The molecule has 2 aliphatic carbocycles. The first-order valence-electron chi connectivity index (χ1n) is 25.4. The van der Waals surface area contributed by atoms with E-state index in [1.165, 1.54) is 56.0 Å². The molecule has 9 rings (SSSR count). The van der Waals surface area contributed by atoms with E-state index in [1.807, 2.05) is 97.1 Å². The second kappa shape index (κ2) is 28.2. The standard InChI is InChI=1S/C24H20N2O6.C19H15NO5.C9H10N2O4.C6H15N/c27-23(28)13-21(19-11-5-6-12-22(19)26(30)31)25-24(29)32-14-20-17-9-3-1-7-15(17)16-8-2-4-10-18(16)20;21-17-9-10-18(22)20(17)25-19(23)24-11-16-14-7-3-1-5-12(14)13-6-2-4-8-15(13)16;10-7(5-9(12)13)6-3-1-2-4-8(6)11(14)15;1-4-7(5-2)6-3/h1-12,20-21H,13-14H2,(H,25,29)(H,27,28);1-8,16H,9-11H2;1-4,7H,5,10H2,(H,12,13);4-6H2,1-3H3/i25+1;;10+1;. The van der Waals surface area contributed by atoms with Gasteiger partial charge in [-0.2, -0.15) is 0 Å². The van der Waals surface area contributed by atoms with Crippen molar-refractivity contribution >= 4 is 47.4 Å². The summed E-state index contributed by atoms with van der Waals surface area (Å²) in [6.07, 6.45) is -2.63. The second-order valence-electron chi connectivity index (χ2n) is 18.0. The number of aliphatic carboxylic acids is 2. The number of hydrogen-bond acceptors (Lipinski definition) is 15. The number of nitro benzene ring substituents is 2. The Morgan fingerprint density at radius 3 is 1.35 bits per heavy atom. The number of ether oxygens (including phenoxy) is 2. The maximum absolute atomic E-state index is 12.6. The Hall–Kier alpha value is -9.34. The molecule has 1 aliphatic heterocycles. The van der Waals surface area contributed by atoms with Crippen molar-refractivity contribution in [1.29, 1.82) is 0 Å². The monoisotopic (exact) mass is 1080 g/mol. The maximum Gasteiger partial charge on any atom is 0.533 e. The summed E-state index contributed by atoms with van der Waals surface area (Å²) < 4.78 is 10.7. The van der Waals surface area contributed by atoms with Crippen LogP contribution in [0.4, 0.5) is 21.0 Å². The van der Waals surface area contributed by atoms with E-state index in [2.05, 4.69) is 31.0 Å². The molecule has 0 saturated carbocycles. The Labute approximate surface area is 454 Å². The number of carboxylic acids is 2. The SMILES string of the molecule is CCN(CC)CC.O=C(O)CC([15NH]C(=O)OCC1c2ccccc2-c2ccccc21)c1ccccc1[N+](=O)[O-].O=C(OCC1c2ccccc2-c2ccccc21)ON1C(=O)CCC1=O.[15NH2]C(CC(=O)O)c1ccccc1[N+](=O)[O-]. The number of fused-ring (bicyclic) bond motifs is 6. The van der Waals surface area contributed by atoms with Crippen LogP contribution in [-0.4, -0.2) is 98.9 Å². The number of carbonyl (C=O) groups is 6. The minimum absolute atomic E-state index is 0.0511. The fourth-order valence-electron chi connectivity index (χ4n) is 9.43. The summed E-state index contributed by atoms with van der Waals surface area (Å²) in [5.41, 5.74) is 14.1. The predicted octanol–water partition coefficient (Wildman–Crippen LogP) is 10.1. The smallest absolute Gasteiger partial charge is 0.481 e. The molecule has 2 atom stereocenters.